The molecule has 0 fully saturated rings. The van der Waals surface area contributed by atoms with Crippen molar-refractivity contribution < 1.29 is 0 Å². The van der Waals surface area contributed by atoms with Crippen molar-refractivity contribution in [2.24, 2.45) is 0 Å². The summed E-state index contributed by atoms with van der Waals surface area (Å²) < 4.78 is 0. The van der Waals surface area contributed by atoms with Crippen LogP contribution < -0.4 is 11.2 Å². The molecule has 6 nitrogen and oxygen atoms in total. The zero-order valence-electron chi connectivity index (χ0n) is 6.05. The van der Waals surface area contributed by atoms with Crippen molar-refractivity contribution >= 4 is 48.9 Å². The smallest absolute Gasteiger partial charge is 0.327 e. The SMILES string of the molecule is O=c1[nH]c(=O)c2[nH]cnc2[nH]1.[Ca]. The van der Waals surface area contributed by atoms with E-state index in [2.05, 4.69) is 19.9 Å². The number of hydrogen-bond donors (Lipinski definition) is 3. The van der Waals surface area contributed by atoms with Crippen LogP contribution in [0.4, 0.5) is 0 Å². The minimum absolute atomic E-state index is 0. The first-order valence-electron chi connectivity index (χ1n) is 2.93. The maximum Gasteiger partial charge on any atom is 0.327 e. The molecule has 0 bridgehead atoms. The third kappa shape index (κ3) is 1.45. The molecule has 0 spiro atoms. The van der Waals surface area contributed by atoms with E-state index in [9.17, 15) is 9.59 Å². The third-order valence-electron chi connectivity index (χ3n) is 1.33. The first kappa shape index (κ1) is 9.50. The van der Waals surface area contributed by atoms with E-state index in [1.807, 2.05) is 0 Å². The van der Waals surface area contributed by atoms with Gasteiger partial charge in [0.1, 0.15) is 5.52 Å². The summed E-state index contributed by atoms with van der Waals surface area (Å²) in [4.78, 5) is 32.3. The molecule has 0 aliphatic rings. The van der Waals surface area contributed by atoms with Crippen LogP contribution in [-0.4, -0.2) is 57.7 Å². The Morgan fingerprint density at radius 3 is 2.75 bits per heavy atom. The van der Waals surface area contributed by atoms with E-state index < -0.39 is 11.2 Å². The minimum Gasteiger partial charge on any atom is -0.339 e. The predicted octanol–water partition coefficient (Wildman–Crippen LogP) is -1.44. The molecule has 2 aromatic rings. The van der Waals surface area contributed by atoms with Gasteiger partial charge >= 0.3 is 5.69 Å². The van der Waals surface area contributed by atoms with Crippen LogP contribution in [0.3, 0.4) is 0 Å². The number of aromatic amines is 3. The van der Waals surface area contributed by atoms with Gasteiger partial charge in [-0.3, -0.25) is 14.8 Å². The Morgan fingerprint density at radius 1 is 1.25 bits per heavy atom. The number of aromatic nitrogens is 4. The second-order valence-corrected chi connectivity index (χ2v) is 2.03. The number of fused-ring (bicyclic) bond motifs is 1. The van der Waals surface area contributed by atoms with Gasteiger partial charge in [0.15, 0.2) is 5.65 Å². The quantitative estimate of drug-likeness (QED) is 0.446. The molecule has 0 saturated heterocycles. The first-order chi connectivity index (χ1) is 5.27. The van der Waals surface area contributed by atoms with Crippen LogP contribution in [0.2, 0.25) is 0 Å². The van der Waals surface area contributed by atoms with Gasteiger partial charge in [0.25, 0.3) is 5.56 Å². The fourth-order valence-corrected chi connectivity index (χ4v) is 0.867. The molecule has 2 aromatic heterocycles. The van der Waals surface area contributed by atoms with E-state index in [0.717, 1.165) is 0 Å². The standard InChI is InChI=1S/C5H4N4O2.Ca/c10-4-2-3(7-1-6-2)8-5(11)9-4;/h1H,(H3,6,7,8,9,10,11);. The number of rotatable bonds is 0. The average Bonchev–Trinajstić information content (AvgIpc) is 2.34. The van der Waals surface area contributed by atoms with E-state index in [-0.39, 0.29) is 48.9 Å². The number of H-pyrrole nitrogens is 3. The summed E-state index contributed by atoms with van der Waals surface area (Å²) in [5.74, 6) is 0. The number of imidazole rings is 1. The van der Waals surface area contributed by atoms with Gasteiger partial charge in [0.2, 0.25) is 0 Å². The topological polar surface area (TPSA) is 94.4 Å². The zero-order chi connectivity index (χ0) is 7.84. The summed E-state index contributed by atoms with van der Waals surface area (Å²) in [7, 11) is 0. The van der Waals surface area contributed by atoms with Crippen LogP contribution in [-0.2, 0) is 0 Å². The van der Waals surface area contributed by atoms with E-state index in [1.165, 1.54) is 6.33 Å². The van der Waals surface area contributed by atoms with Crippen LogP contribution in [0.25, 0.3) is 11.2 Å². The van der Waals surface area contributed by atoms with Crippen molar-refractivity contribution in [2.45, 2.75) is 0 Å². The summed E-state index contributed by atoms with van der Waals surface area (Å²) in [5.41, 5.74) is -0.445. The van der Waals surface area contributed by atoms with Crippen molar-refractivity contribution in [1.82, 2.24) is 19.9 Å². The number of nitrogens with zero attached hydrogens (tertiary/aromatic N) is 1. The average molecular weight is 192 g/mol. The second kappa shape index (κ2) is 3.42. The molecule has 7 heteroatoms. The largest absolute Gasteiger partial charge is 0.339 e. The Balaban J connectivity index is 0.000000720. The molecule has 12 heavy (non-hydrogen) atoms. The van der Waals surface area contributed by atoms with Gasteiger partial charge in [-0.25, -0.2) is 9.78 Å². The second-order valence-electron chi connectivity index (χ2n) is 2.03. The molecule has 2 rings (SSSR count). The molecule has 0 aliphatic carbocycles. The fourth-order valence-electron chi connectivity index (χ4n) is 0.867. The minimum atomic E-state index is -0.547. The van der Waals surface area contributed by atoms with Gasteiger partial charge in [-0.15, -0.1) is 0 Å². The van der Waals surface area contributed by atoms with E-state index in [1.54, 1.807) is 0 Å². The van der Waals surface area contributed by atoms with Crippen LogP contribution in [0.15, 0.2) is 15.9 Å². The molecule has 3 N–H and O–H groups in total. The van der Waals surface area contributed by atoms with E-state index >= 15 is 0 Å². The molecule has 58 valence electrons. The van der Waals surface area contributed by atoms with Gasteiger partial charge in [0.05, 0.1) is 6.33 Å². The monoisotopic (exact) mass is 192 g/mol. The summed E-state index contributed by atoms with van der Waals surface area (Å²) in [5, 5.41) is 0. The van der Waals surface area contributed by atoms with Gasteiger partial charge in [0, 0.05) is 37.7 Å². The normalized spacial score (nSPS) is 9.67. The maximum absolute atomic E-state index is 10.9. The van der Waals surface area contributed by atoms with Crippen molar-refractivity contribution in [3.63, 3.8) is 0 Å². The predicted molar refractivity (Wildman–Crippen MR) is 43.1 cm³/mol. The van der Waals surface area contributed by atoms with Crippen LogP contribution in [0.5, 0.6) is 0 Å². The molecular weight excluding hydrogens is 188 g/mol. The molecule has 0 unspecified atom stereocenters. The van der Waals surface area contributed by atoms with Crippen molar-refractivity contribution in [2.75, 3.05) is 0 Å². The van der Waals surface area contributed by atoms with E-state index in [0.29, 0.717) is 0 Å². The third-order valence-corrected chi connectivity index (χ3v) is 1.33. The van der Waals surface area contributed by atoms with Gasteiger partial charge < -0.3 is 4.98 Å². The Morgan fingerprint density at radius 2 is 2.00 bits per heavy atom. The Hall–Kier alpha value is -0.590. The first-order valence-corrected chi connectivity index (χ1v) is 2.93. The zero-order valence-corrected chi connectivity index (χ0v) is 8.26. The van der Waals surface area contributed by atoms with Crippen molar-refractivity contribution in [3.8, 4) is 0 Å². The Labute approximate surface area is 95.4 Å². The van der Waals surface area contributed by atoms with Gasteiger partial charge in [-0.05, 0) is 0 Å². The summed E-state index contributed by atoms with van der Waals surface area (Å²) in [6, 6.07) is 0. The van der Waals surface area contributed by atoms with Crippen LogP contribution in [0, 0.1) is 0 Å². The molecule has 2 heterocycles. The summed E-state index contributed by atoms with van der Waals surface area (Å²) in [6.07, 6.45) is 1.34. The molecular formula is C5H4CaN4O2. The van der Waals surface area contributed by atoms with Crippen molar-refractivity contribution in [1.29, 1.82) is 0 Å². The van der Waals surface area contributed by atoms with Crippen molar-refractivity contribution in [3.05, 3.63) is 27.2 Å². The molecule has 0 aliphatic heterocycles. The van der Waals surface area contributed by atoms with E-state index in [4.69, 9.17) is 0 Å². The van der Waals surface area contributed by atoms with Gasteiger partial charge in [-0.1, -0.05) is 0 Å². The number of hydrogen-bond acceptors (Lipinski definition) is 3. The number of nitrogens with one attached hydrogen (secondary N) is 3. The molecule has 0 amide bonds. The van der Waals surface area contributed by atoms with Gasteiger partial charge in [-0.2, -0.15) is 0 Å². The summed E-state index contributed by atoms with van der Waals surface area (Å²) >= 11 is 0. The van der Waals surface area contributed by atoms with Crippen LogP contribution in [0.1, 0.15) is 0 Å². The molecule has 0 saturated carbocycles. The Kier molecular flexibility index (Phi) is 2.71. The Bertz CT molecular complexity index is 496. The van der Waals surface area contributed by atoms with Crippen LogP contribution >= 0.6 is 0 Å². The molecule has 0 aromatic carbocycles. The molecule has 0 atom stereocenters. The maximum atomic E-state index is 10.9. The summed E-state index contributed by atoms with van der Waals surface area (Å²) in [6.45, 7) is 0. The fraction of sp³-hybridized carbons (Fsp3) is 0. The molecule has 2 radical (unpaired) electrons.